The molecule has 0 spiro atoms. The van der Waals surface area contributed by atoms with Crippen molar-refractivity contribution in [3.05, 3.63) is 0 Å². The first-order valence-electron chi connectivity index (χ1n) is 45.8. The van der Waals surface area contributed by atoms with Gasteiger partial charge in [-0.1, -0.05) is 415 Å². The van der Waals surface area contributed by atoms with Crippen molar-refractivity contribution in [1.82, 2.24) is 0 Å². The fourth-order valence-electron chi connectivity index (χ4n) is 13.8. The minimum Gasteiger partial charge on any atom is -0.462 e. The fourth-order valence-corrected chi connectivity index (χ4v) is 15.4. The number of esters is 4. The van der Waals surface area contributed by atoms with Crippen molar-refractivity contribution >= 4 is 39.5 Å². The molecular weight excluding hydrogens is 1400 g/mol. The quantitative estimate of drug-likeness (QED) is 0.0222. The lowest BCUT2D eigenvalue weighted by molar-refractivity contribution is -0.161. The van der Waals surface area contributed by atoms with Crippen molar-refractivity contribution in [2.24, 2.45) is 23.7 Å². The SMILES string of the molecule is CCC(C)CCCCCCCCCCCCCCCCCCCCC(=O)OC[C@H](COP(=O)(O)OC[C@@H](O)COP(=O)(O)OC[C@@H](COC(=O)CCCCCCCCC(C)C)OC(=O)CCCCCCCCCCCCCCCCC(C)CC)OC(=O)CCCCCCCCCCCCCCCCCCC(C)C. The Labute approximate surface area is 664 Å². The van der Waals surface area contributed by atoms with Crippen LogP contribution in [-0.2, 0) is 65.4 Å². The molecular formula is C89H174O17P2. The van der Waals surface area contributed by atoms with Crippen LogP contribution in [0.4, 0.5) is 0 Å². The zero-order valence-corrected chi connectivity index (χ0v) is 73.3. The van der Waals surface area contributed by atoms with Gasteiger partial charge in [0, 0.05) is 25.7 Å². The third-order valence-electron chi connectivity index (χ3n) is 21.5. The average Bonchev–Trinajstić information content (AvgIpc) is 0.894. The second-order valence-electron chi connectivity index (χ2n) is 33.4. The van der Waals surface area contributed by atoms with E-state index in [9.17, 15) is 43.2 Å². The van der Waals surface area contributed by atoms with Gasteiger partial charge in [-0.05, 0) is 49.4 Å². The van der Waals surface area contributed by atoms with Gasteiger partial charge in [0.2, 0.25) is 0 Å². The number of phosphoric ester groups is 2. The van der Waals surface area contributed by atoms with E-state index in [1.54, 1.807) is 0 Å². The summed E-state index contributed by atoms with van der Waals surface area (Å²) in [6.45, 7) is 14.4. The van der Waals surface area contributed by atoms with E-state index < -0.39 is 97.5 Å². The van der Waals surface area contributed by atoms with E-state index in [0.717, 1.165) is 114 Å². The number of hydrogen-bond acceptors (Lipinski definition) is 15. The summed E-state index contributed by atoms with van der Waals surface area (Å²) >= 11 is 0. The first-order chi connectivity index (χ1) is 52.2. The molecule has 4 unspecified atom stereocenters. The van der Waals surface area contributed by atoms with Crippen LogP contribution in [0.3, 0.4) is 0 Å². The van der Waals surface area contributed by atoms with Gasteiger partial charge in [0.05, 0.1) is 26.4 Å². The minimum atomic E-state index is -4.97. The maximum Gasteiger partial charge on any atom is 0.472 e. The van der Waals surface area contributed by atoms with Crippen LogP contribution in [0.2, 0.25) is 0 Å². The third kappa shape index (κ3) is 79.3. The molecule has 0 saturated carbocycles. The maximum atomic E-state index is 13.2. The summed E-state index contributed by atoms with van der Waals surface area (Å²) in [4.78, 5) is 73.3. The first kappa shape index (κ1) is 106. The Morgan fingerprint density at radius 3 is 0.657 bits per heavy atom. The molecule has 19 heteroatoms. The summed E-state index contributed by atoms with van der Waals surface area (Å²) in [5.41, 5.74) is 0. The number of rotatable bonds is 86. The second kappa shape index (κ2) is 77.6. The number of hydrogen-bond donors (Lipinski definition) is 3. The van der Waals surface area contributed by atoms with Crippen LogP contribution >= 0.6 is 15.6 Å². The predicted molar refractivity (Wildman–Crippen MR) is 446 cm³/mol. The highest BCUT2D eigenvalue weighted by atomic mass is 31.2. The van der Waals surface area contributed by atoms with Crippen LogP contribution in [-0.4, -0.2) is 96.7 Å². The van der Waals surface area contributed by atoms with Crippen molar-refractivity contribution in [2.75, 3.05) is 39.6 Å². The second-order valence-corrected chi connectivity index (χ2v) is 36.3. The molecule has 0 fully saturated rings. The number of phosphoric acid groups is 2. The van der Waals surface area contributed by atoms with Gasteiger partial charge in [0.15, 0.2) is 12.2 Å². The van der Waals surface area contributed by atoms with E-state index in [0.29, 0.717) is 31.6 Å². The molecule has 0 saturated heterocycles. The summed E-state index contributed by atoms with van der Waals surface area (Å²) in [5.74, 6) is 1.10. The molecule has 17 nitrogen and oxygen atoms in total. The fraction of sp³-hybridized carbons (Fsp3) is 0.955. The highest BCUT2D eigenvalue weighted by Gasteiger charge is 2.31. The van der Waals surface area contributed by atoms with E-state index in [1.807, 2.05) is 0 Å². The Balaban J connectivity index is 5.20. The number of carbonyl (C=O) groups is 4. The molecule has 0 aliphatic rings. The number of aliphatic hydroxyl groups excluding tert-OH is 1. The van der Waals surface area contributed by atoms with Crippen molar-refractivity contribution in [3.63, 3.8) is 0 Å². The van der Waals surface area contributed by atoms with Crippen LogP contribution in [0, 0.1) is 23.7 Å². The van der Waals surface area contributed by atoms with Crippen molar-refractivity contribution in [3.8, 4) is 0 Å². The minimum absolute atomic E-state index is 0.106. The molecule has 0 aliphatic carbocycles. The Bertz CT molecular complexity index is 2100. The normalized spacial score (nSPS) is 14.4. The topological polar surface area (TPSA) is 237 Å². The Morgan fingerprint density at radius 2 is 0.444 bits per heavy atom. The highest BCUT2D eigenvalue weighted by Crippen LogP contribution is 2.45. The summed E-state index contributed by atoms with van der Waals surface area (Å²) in [6, 6.07) is 0. The first-order valence-corrected chi connectivity index (χ1v) is 48.8. The third-order valence-corrected chi connectivity index (χ3v) is 23.4. The molecule has 0 rings (SSSR count). The molecule has 0 amide bonds. The zero-order chi connectivity index (χ0) is 79.5. The molecule has 0 aromatic rings. The lowest BCUT2D eigenvalue weighted by Gasteiger charge is -2.21. The van der Waals surface area contributed by atoms with Crippen LogP contribution in [0.1, 0.15) is 466 Å². The lowest BCUT2D eigenvalue weighted by Crippen LogP contribution is -2.30. The van der Waals surface area contributed by atoms with Crippen LogP contribution < -0.4 is 0 Å². The standard InChI is InChI=1S/C89H174O17P2/c1-9-81(7)67-59-51-42-36-30-24-18-13-11-12-14-19-26-32-38-44-53-61-69-86(91)99-75-84(105-88(93)71-63-55-45-39-33-27-20-16-15-17-23-29-35-41-49-57-65-79(3)4)77-103-107(95,96)101-73-83(90)74-102-108(97,98)104-78-85(76-100-87(92)70-62-54-48-47-50-58-66-80(5)6)106-89(94)72-64-56-46-40-34-28-22-21-25-31-37-43-52-60-68-82(8)10-2/h79-85,90H,9-78H2,1-8H3,(H,95,96)(H,97,98)/t81?,82?,83-,84-,85-/m1/s1. The maximum absolute atomic E-state index is 13.2. The molecule has 0 aliphatic heterocycles. The molecule has 0 radical (unpaired) electrons. The van der Waals surface area contributed by atoms with Gasteiger partial charge in [-0.15, -0.1) is 0 Å². The molecule has 0 heterocycles. The largest absolute Gasteiger partial charge is 0.472 e. The van der Waals surface area contributed by atoms with E-state index in [2.05, 4.69) is 55.4 Å². The highest BCUT2D eigenvalue weighted by molar-refractivity contribution is 7.47. The van der Waals surface area contributed by atoms with E-state index >= 15 is 0 Å². The van der Waals surface area contributed by atoms with Gasteiger partial charge in [-0.25, -0.2) is 9.13 Å². The summed E-state index contributed by atoms with van der Waals surface area (Å²) in [7, 11) is -9.93. The summed E-state index contributed by atoms with van der Waals surface area (Å²) < 4.78 is 68.9. The molecule has 642 valence electrons. The Kier molecular flexibility index (Phi) is 76.2. The van der Waals surface area contributed by atoms with Gasteiger partial charge < -0.3 is 33.8 Å². The average molecular weight is 1580 g/mol. The van der Waals surface area contributed by atoms with Gasteiger partial charge in [-0.3, -0.25) is 37.3 Å². The molecule has 0 bridgehead atoms. The summed E-state index contributed by atoms with van der Waals surface area (Å²) in [6.07, 6.45) is 68.2. The molecule has 3 N–H and O–H groups in total. The zero-order valence-electron chi connectivity index (χ0n) is 71.5. The van der Waals surface area contributed by atoms with Crippen molar-refractivity contribution in [1.29, 1.82) is 0 Å². The smallest absolute Gasteiger partial charge is 0.462 e. The van der Waals surface area contributed by atoms with E-state index in [-0.39, 0.29) is 25.7 Å². The number of unbranched alkanes of at least 4 members (excludes halogenated alkanes) is 50. The van der Waals surface area contributed by atoms with E-state index in [4.69, 9.17) is 37.0 Å². The predicted octanol–water partition coefficient (Wildman–Crippen LogP) is 27.1. The number of ether oxygens (including phenoxy) is 4. The number of carbonyl (C=O) groups excluding carboxylic acids is 4. The van der Waals surface area contributed by atoms with Crippen LogP contribution in [0.5, 0.6) is 0 Å². The van der Waals surface area contributed by atoms with Gasteiger partial charge in [0.1, 0.15) is 19.3 Å². The molecule has 0 aromatic carbocycles. The van der Waals surface area contributed by atoms with Crippen LogP contribution in [0.15, 0.2) is 0 Å². The molecule has 108 heavy (non-hydrogen) atoms. The van der Waals surface area contributed by atoms with Gasteiger partial charge in [-0.2, -0.15) is 0 Å². The Morgan fingerprint density at radius 1 is 0.259 bits per heavy atom. The van der Waals surface area contributed by atoms with Crippen LogP contribution in [0.25, 0.3) is 0 Å². The molecule has 7 atom stereocenters. The van der Waals surface area contributed by atoms with E-state index in [1.165, 1.54) is 263 Å². The van der Waals surface area contributed by atoms with Crippen molar-refractivity contribution < 1.29 is 80.2 Å². The van der Waals surface area contributed by atoms with Crippen molar-refractivity contribution in [2.45, 2.75) is 485 Å². The number of aliphatic hydroxyl groups is 1. The molecule has 0 aromatic heterocycles. The Hall–Kier alpha value is -1.94. The van der Waals surface area contributed by atoms with Gasteiger partial charge >= 0.3 is 39.5 Å². The monoisotopic (exact) mass is 1580 g/mol. The summed E-state index contributed by atoms with van der Waals surface area (Å²) in [5, 5.41) is 10.7. The van der Waals surface area contributed by atoms with Gasteiger partial charge in [0.25, 0.3) is 0 Å². The lowest BCUT2D eigenvalue weighted by atomic mass is 9.99.